The summed E-state index contributed by atoms with van der Waals surface area (Å²) in [5, 5.41) is 19.4. The van der Waals surface area contributed by atoms with E-state index in [1.807, 2.05) is 24.3 Å². The average molecular weight is 285 g/mol. The first-order valence-corrected chi connectivity index (χ1v) is 6.68. The number of ether oxygens (including phenoxy) is 1. The number of fused-ring (bicyclic) bond motifs is 1. The van der Waals surface area contributed by atoms with E-state index in [9.17, 15) is 15.0 Å². The van der Waals surface area contributed by atoms with Crippen molar-refractivity contribution in [2.24, 2.45) is 0 Å². The molecule has 5 nitrogen and oxygen atoms in total. The Hall–Kier alpha value is -2.69. The number of benzene rings is 2. The molecule has 2 aromatic carbocycles. The highest BCUT2D eigenvalue weighted by atomic mass is 16.5. The number of para-hydroxylation sites is 2. The van der Waals surface area contributed by atoms with Crippen molar-refractivity contribution in [3.05, 3.63) is 53.6 Å². The third kappa shape index (κ3) is 2.50. The molecule has 0 bridgehead atoms. The maximum absolute atomic E-state index is 12.5. The van der Waals surface area contributed by atoms with E-state index < -0.39 is 0 Å². The number of hydrogen-bond acceptors (Lipinski definition) is 4. The fourth-order valence-electron chi connectivity index (χ4n) is 2.37. The van der Waals surface area contributed by atoms with Crippen molar-refractivity contribution >= 4 is 5.91 Å². The number of carbonyl (C=O) groups excluding carboxylic acids is 1. The molecule has 0 spiro atoms. The number of amides is 1. The highest BCUT2D eigenvalue weighted by Crippen LogP contribution is 2.30. The molecule has 2 aromatic rings. The van der Waals surface area contributed by atoms with Crippen LogP contribution in [0.15, 0.2) is 42.5 Å². The summed E-state index contributed by atoms with van der Waals surface area (Å²) in [5.41, 5.74) is 1.01. The van der Waals surface area contributed by atoms with Crippen LogP contribution < -0.4 is 4.74 Å². The van der Waals surface area contributed by atoms with E-state index in [4.69, 9.17) is 4.74 Å². The fourth-order valence-corrected chi connectivity index (χ4v) is 2.37. The van der Waals surface area contributed by atoms with Gasteiger partial charge in [0.05, 0.1) is 12.1 Å². The van der Waals surface area contributed by atoms with E-state index in [2.05, 4.69) is 0 Å². The lowest BCUT2D eigenvalue weighted by Gasteiger charge is -2.20. The van der Waals surface area contributed by atoms with Crippen LogP contribution in [0.25, 0.3) is 0 Å². The lowest BCUT2D eigenvalue weighted by Crippen LogP contribution is -2.32. The summed E-state index contributed by atoms with van der Waals surface area (Å²) < 4.78 is 5.61. The highest BCUT2D eigenvalue weighted by Gasteiger charge is 2.23. The van der Waals surface area contributed by atoms with Crippen LogP contribution in [-0.4, -0.2) is 34.2 Å². The lowest BCUT2D eigenvalue weighted by molar-refractivity contribution is 0.0729. The van der Waals surface area contributed by atoms with E-state index in [0.29, 0.717) is 19.7 Å². The van der Waals surface area contributed by atoms with Crippen LogP contribution in [0.4, 0.5) is 0 Å². The van der Waals surface area contributed by atoms with Crippen molar-refractivity contribution in [1.29, 1.82) is 0 Å². The van der Waals surface area contributed by atoms with Gasteiger partial charge in [-0.1, -0.05) is 24.3 Å². The molecule has 5 heteroatoms. The van der Waals surface area contributed by atoms with Crippen molar-refractivity contribution in [2.45, 2.75) is 6.54 Å². The van der Waals surface area contributed by atoms with Crippen LogP contribution in [0, 0.1) is 0 Å². The predicted octanol–water partition coefficient (Wildman–Crippen LogP) is 2.13. The van der Waals surface area contributed by atoms with Gasteiger partial charge in [-0.05, 0) is 18.2 Å². The van der Waals surface area contributed by atoms with Gasteiger partial charge in [0.15, 0.2) is 11.5 Å². The average Bonchev–Trinajstić information content (AvgIpc) is 2.71. The zero-order chi connectivity index (χ0) is 14.8. The van der Waals surface area contributed by atoms with E-state index in [0.717, 1.165) is 11.3 Å². The number of phenolic OH excluding ortho intramolecular Hbond substituents is 2. The number of carbonyl (C=O) groups is 1. The van der Waals surface area contributed by atoms with Crippen LogP contribution >= 0.6 is 0 Å². The molecule has 0 radical (unpaired) electrons. The molecule has 0 saturated heterocycles. The van der Waals surface area contributed by atoms with Gasteiger partial charge >= 0.3 is 0 Å². The number of nitrogens with zero attached hydrogens (tertiary/aromatic N) is 1. The van der Waals surface area contributed by atoms with Gasteiger partial charge in [0, 0.05) is 12.1 Å². The first kappa shape index (κ1) is 13.3. The van der Waals surface area contributed by atoms with Crippen molar-refractivity contribution in [3.8, 4) is 17.2 Å². The molecular weight excluding hydrogens is 270 g/mol. The van der Waals surface area contributed by atoms with Gasteiger partial charge in [-0.25, -0.2) is 0 Å². The van der Waals surface area contributed by atoms with Crippen LogP contribution in [0.1, 0.15) is 15.9 Å². The molecule has 0 atom stereocenters. The minimum absolute atomic E-state index is 0.0920. The molecule has 0 unspecified atom stereocenters. The smallest absolute Gasteiger partial charge is 0.258 e. The fraction of sp³-hybridized carbons (Fsp3) is 0.188. The molecule has 1 aliphatic rings. The minimum Gasteiger partial charge on any atom is -0.504 e. The maximum atomic E-state index is 12.5. The highest BCUT2D eigenvalue weighted by molar-refractivity contribution is 5.97. The number of rotatable bonds is 1. The molecule has 21 heavy (non-hydrogen) atoms. The third-order valence-electron chi connectivity index (χ3n) is 3.48. The van der Waals surface area contributed by atoms with Crippen molar-refractivity contribution < 1.29 is 19.7 Å². The standard InChI is InChI=1S/C16H15NO4/c18-13-6-3-5-12(15(13)19)16(20)17-8-9-21-14-7-2-1-4-11(14)10-17/h1-7,18-19H,8-10H2. The predicted molar refractivity (Wildman–Crippen MR) is 76.4 cm³/mol. The van der Waals surface area contributed by atoms with Gasteiger partial charge in [0.1, 0.15) is 12.4 Å². The molecule has 108 valence electrons. The van der Waals surface area contributed by atoms with Gasteiger partial charge in [-0.2, -0.15) is 0 Å². The summed E-state index contributed by atoms with van der Waals surface area (Å²) in [7, 11) is 0. The van der Waals surface area contributed by atoms with E-state index in [-0.39, 0.29) is 23.0 Å². The van der Waals surface area contributed by atoms with Crippen LogP contribution in [0.2, 0.25) is 0 Å². The van der Waals surface area contributed by atoms with Gasteiger partial charge in [-0.3, -0.25) is 4.79 Å². The topological polar surface area (TPSA) is 70.0 Å². The number of phenols is 2. The van der Waals surface area contributed by atoms with E-state index in [1.165, 1.54) is 18.2 Å². The summed E-state index contributed by atoms with van der Waals surface area (Å²) in [4.78, 5) is 14.1. The summed E-state index contributed by atoms with van der Waals surface area (Å²) in [5.74, 6) is -0.245. The van der Waals surface area contributed by atoms with Crippen LogP contribution in [0.3, 0.4) is 0 Å². The Kier molecular flexibility index (Phi) is 3.39. The molecule has 0 saturated carbocycles. The van der Waals surface area contributed by atoms with Gasteiger partial charge in [0.2, 0.25) is 0 Å². The zero-order valence-corrected chi connectivity index (χ0v) is 11.3. The Morgan fingerprint density at radius 1 is 1.10 bits per heavy atom. The molecule has 1 heterocycles. The molecule has 2 N–H and O–H groups in total. The van der Waals surface area contributed by atoms with Gasteiger partial charge in [0.25, 0.3) is 5.91 Å². The number of aromatic hydroxyl groups is 2. The van der Waals surface area contributed by atoms with Crippen molar-refractivity contribution in [3.63, 3.8) is 0 Å². The summed E-state index contributed by atoms with van der Waals surface area (Å²) in [6, 6.07) is 11.9. The largest absolute Gasteiger partial charge is 0.504 e. The normalized spacial score (nSPS) is 14.0. The van der Waals surface area contributed by atoms with Crippen LogP contribution in [-0.2, 0) is 6.54 Å². The van der Waals surface area contributed by atoms with E-state index in [1.54, 1.807) is 4.90 Å². The molecule has 0 fully saturated rings. The second-order valence-corrected chi connectivity index (χ2v) is 4.86. The van der Waals surface area contributed by atoms with Gasteiger partial charge in [-0.15, -0.1) is 0 Å². The monoisotopic (exact) mass is 285 g/mol. The zero-order valence-electron chi connectivity index (χ0n) is 11.3. The third-order valence-corrected chi connectivity index (χ3v) is 3.48. The Bertz CT molecular complexity index is 684. The molecule has 0 aliphatic carbocycles. The SMILES string of the molecule is O=C(c1cccc(O)c1O)N1CCOc2ccccc2C1. The molecular formula is C16H15NO4. The molecule has 1 aliphatic heterocycles. The summed E-state index contributed by atoms with van der Waals surface area (Å²) in [6.07, 6.45) is 0. The second kappa shape index (κ2) is 5.36. The first-order valence-electron chi connectivity index (χ1n) is 6.68. The van der Waals surface area contributed by atoms with Crippen molar-refractivity contribution in [1.82, 2.24) is 4.90 Å². The molecule has 3 rings (SSSR count). The van der Waals surface area contributed by atoms with Crippen LogP contribution in [0.5, 0.6) is 17.2 Å². The van der Waals surface area contributed by atoms with E-state index >= 15 is 0 Å². The maximum Gasteiger partial charge on any atom is 0.258 e. The number of hydrogen-bond donors (Lipinski definition) is 2. The quantitative estimate of drug-likeness (QED) is 0.788. The second-order valence-electron chi connectivity index (χ2n) is 4.86. The Morgan fingerprint density at radius 2 is 1.90 bits per heavy atom. The molecule has 0 aromatic heterocycles. The van der Waals surface area contributed by atoms with Gasteiger partial charge < -0.3 is 19.8 Å². The Morgan fingerprint density at radius 3 is 2.76 bits per heavy atom. The van der Waals surface area contributed by atoms with Crippen molar-refractivity contribution in [2.75, 3.05) is 13.2 Å². The summed E-state index contributed by atoms with van der Waals surface area (Å²) in [6.45, 7) is 1.22. The molecule has 1 amide bonds. The summed E-state index contributed by atoms with van der Waals surface area (Å²) >= 11 is 0. The minimum atomic E-state index is -0.388. The Labute approximate surface area is 122 Å². The first-order chi connectivity index (χ1) is 10.2. The Balaban J connectivity index is 1.90. The lowest BCUT2D eigenvalue weighted by atomic mass is 10.1.